The van der Waals surface area contributed by atoms with Crippen LogP contribution in [0.25, 0.3) is 11.3 Å². The monoisotopic (exact) mass is 404 g/mol. The molecule has 2 atom stereocenters. The standard InChI is InChI=1S/C19H22F2N6O2/c20-18(21)29-15-5-11(8-23-17(15)22)14-7-16(27-9-13-6-12(27)10-28-13)25-19(24-14)26-3-1-2-4-26/h5,7-8,12-13,18H,1-4,6,9-10H2,(H2,22,23). The van der Waals surface area contributed by atoms with Gasteiger partial charge in [0.25, 0.3) is 0 Å². The summed E-state index contributed by atoms with van der Waals surface area (Å²) in [7, 11) is 0. The Balaban J connectivity index is 1.55. The summed E-state index contributed by atoms with van der Waals surface area (Å²) < 4.78 is 35.6. The number of morpholine rings is 1. The largest absolute Gasteiger partial charge is 0.431 e. The lowest BCUT2D eigenvalue weighted by Gasteiger charge is -2.29. The SMILES string of the molecule is Nc1ncc(-c2cc(N3CC4CC3CO4)nc(N3CCCC3)n2)cc1OC(F)F. The van der Waals surface area contributed by atoms with Gasteiger partial charge in [0.15, 0.2) is 11.6 Å². The second-order valence-electron chi connectivity index (χ2n) is 7.59. The summed E-state index contributed by atoms with van der Waals surface area (Å²) in [4.78, 5) is 17.9. The van der Waals surface area contributed by atoms with Crippen LogP contribution in [0.3, 0.4) is 0 Å². The third-order valence-corrected chi connectivity index (χ3v) is 5.68. The Kier molecular flexibility index (Phi) is 4.57. The molecule has 2 unspecified atom stereocenters. The number of nitrogens with two attached hydrogens (primary N) is 1. The number of anilines is 3. The van der Waals surface area contributed by atoms with E-state index in [-0.39, 0.29) is 17.7 Å². The normalized spacial score (nSPS) is 23.4. The first kappa shape index (κ1) is 18.3. The van der Waals surface area contributed by atoms with E-state index in [1.165, 1.54) is 12.3 Å². The molecule has 5 heterocycles. The molecule has 3 saturated heterocycles. The number of pyridine rings is 1. The fourth-order valence-electron chi connectivity index (χ4n) is 4.24. The maximum absolute atomic E-state index is 12.7. The van der Waals surface area contributed by atoms with E-state index in [9.17, 15) is 8.78 Å². The Morgan fingerprint density at radius 2 is 2.03 bits per heavy atom. The molecule has 29 heavy (non-hydrogen) atoms. The molecular weight excluding hydrogens is 382 g/mol. The number of alkyl halides is 2. The second kappa shape index (κ2) is 7.25. The topological polar surface area (TPSA) is 89.6 Å². The number of hydrogen-bond acceptors (Lipinski definition) is 8. The smallest absolute Gasteiger partial charge is 0.387 e. The van der Waals surface area contributed by atoms with Gasteiger partial charge in [0.05, 0.1) is 24.4 Å². The van der Waals surface area contributed by atoms with Gasteiger partial charge in [-0.25, -0.2) is 9.97 Å². The van der Waals surface area contributed by atoms with Crippen molar-refractivity contribution in [1.82, 2.24) is 15.0 Å². The molecule has 3 fully saturated rings. The van der Waals surface area contributed by atoms with Crippen LogP contribution in [0, 0.1) is 0 Å². The van der Waals surface area contributed by atoms with Gasteiger partial charge in [-0.05, 0) is 25.3 Å². The summed E-state index contributed by atoms with van der Waals surface area (Å²) in [5.41, 5.74) is 6.84. The van der Waals surface area contributed by atoms with Gasteiger partial charge in [-0.2, -0.15) is 13.8 Å². The Morgan fingerprint density at radius 1 is 1.21 bits per heavy atom. The predicted octanol–water partition coefficient (Wildman–Crippen LogP) is 2.30. The zero-order valence-electron chi connectivity index (χ0n) is 15.8. The molecule has 2 bridgehead atoms. The molecule has 2 N–H and O–H groups in total. The quantitative estimate of drug-likeness (QED) is 0.812. The maximum Gasteiger partial charge on any atom is 0.387 e. The zero-order valence-corrected chi connectivity index (χ0v) is 15.8. The van der Waals surface area contributed by atoms with Crippen molar-refractivity contribution in [3.63, 3.8) is 0 Å². The molecule has 2 aromatic rings. The molecule has 0 saturated carbocycles. The molecule has 10 heteroatoms. The van der Waals surface area contributed by atoms with Gasteiger partial charge in [0, 0.05) is 37.5 Å². The summed E-state index contributed by atoms with van der Waals surface area (Å²) in [5, 5.41) is 0. The van der Waals surface area contributed by atoms with E-state index >= 15 is 0 Å². The third-order valence-electron chi connectivity index (χ3n) is 5.68. The maximum atomic E-state index is 12.7. The van der Waals surface area contributed by atoms with Gasteiger partial charge in [-0.1, -0.05) is 0 Å². The summed E-state index contributed by atoms with van der Waals surface area (Å²) in [5.74, 6) is 1.22. The van der Waals surface area contributed by atoms with Crippen LogP contribution in [0.15, 0.2) is 18.3 Å². The minimum atomic E-state index is -2.98. The molecule has 8 nitrogen and oxygen atoms in total. The van der Waals surface area contributed by atoms with Gasteiger partial charge in [0.1, 0.15) is 5.82 Å². The van der Waals surface area contributed by atoms with Crippen LogP contribution >= 0.6 is 0 Å². The highest BCUT2D eigenvalue weighted by Gasteiger charge is 2.40. The second-order valence-corrected chi connectivity index (χ2v) is 7.59. The van der Waals surface area contributed by atoms with Gasteiger partial charge >= 0.3 is 6.61 Å². The van der Waals surface area contributed by atoms with Gasteiger partial charge in [-0.15, -0.1) is 0 Å². The van der Waals surface area contributed by atoms with Crippen LogP contribution in [-0.4, -0.2) is 60.0 Å². The highest BCUT2D eigenvalue weighted by molar-refractivity contribution is 5.68. The first-order chi connectivity index (χ1) is 14.1. The number of hydrogen-bond donors (Lipinski definition) is 1. The molecule has 3 aliphatic heterocycles. The lowest BCUT2D eigenvalue weighted by atomic mass is 10.2. The number of rotatable bonds is 5. The molecule has 0 aromatic carbocycles. The molecular formula is C19H22F2N6O2. The summed E-state index contributed by atoms with van der Waals surface area (Å²) >= 11 is 0. The highest BCUT2D eigenvalue weighted by Crippen LogP contribution is 2.35. The summed E-state index contributed by atoms with van der Waals surface area (Å²) in [6, 6.07) is 3.63. The van der Waals surface area contributed by atoms with Crippen molar-refractivity contribution in [3.8, 4) is 17.0 Å². The lowest BCUT2D eigenvalue weighted by Crippen LogP contribution is -2.38. The van der Waals surface area contributed by atoms with E-state index in [0.29, 0.717) is 29.9 Å². The van der Waals surface area contributed by atoms with Crippen LogP contribution < -0.4 is 20.3 Å². The minimum Gasteiger partial charge on any atom is -0.431 e. The first-order valence-corrected chi connectivity index (χ1v) is 9.80. The molecule has 3 aliphatic rings. The summed E-state index contributed by atoms with van der Waals surface area (Å²) in [6.45, 7) is 0.310. The highest BCUT2D eigenvalue weighted by atomic mass is 19.3. The third kappa shape index (κ3) is 3.52. The number of nitrogen functional groups attached to an aromatic ring is 1. The lowest BCUT2D eigenvalue weighted by molar-refractivity contribution is -0.0494. The Morgan fingerprint density at radius 3 is 2.72 bits per heavy atom. The number of nitrogens with zero attached hydrogens (tertiary/aromatic N) is 5. The Labute approximate surface area is 166 Å². The number of aromatic nitrogens is 3. The number of halogens is 2. The van der Waals surface area contributed by atoms with E-state index < -0.39 is 6.61 Å². The number of fused-ring (bicyclic) bond motifs is 2. The zero-order chi connectivity index (χ0) is 20.0. The van der Waals surface area contributed by atoms with E-state index in [2.05, 4.69) is 19.5 Å². The Hall–Kier alpha value is -2.75. The van der Waals surface area contributed by atoms with Crippen molar-refractivity contribution < 1.29 is 18.3 Å². The van der Waals surface area contributed by atoms with Crippen molar-refractivity contribution in [3.05, 3.63) is 18.3 Å². The molecule has 0 radical (unpaired) electrons. The van der Waals surface area contributed by atoms with Crippen molar-refractivity contribution in [2.75, 3.05) is 41.8 Å². The fraction of sp³-hybridized carbons (Fsp3) is 0.526. The molecule has 0 spiro atoms. The fourth-order valence-corrected chi connectivity index (χ4v) is 4.24. The van der Waals surface area contributed by atoms with Crippen molar-refractivity contribution in [1.29, 1.82) is 0 Å². The van der Waals surface area contributed by atoms with E-state index in [4.69, 9.17) is 20.4 Å². The molecule has 2 aromatic heterocycles. The van der Waals surface area contributed by atoms with Crippen LogP contribution in [0.5, 0.6) is 5.75 Å². The molecule has 0 aliphatic carbocycles. The van der Waals surface area contributed by atoms with E-state index in [0.717, 1.165) is 44.7 Å². The first-order valence-electron chi connectivity index (χ1n) is 9.80. The van der Waals surface area contributed by atoms with Crippen LogP contribution in [-0.2, 0) is 4.74 Å². The minimum absolute atomic E-state index is 0.0860. The van der Waals surface area contributed by atoms with Crippen LogP contribution in [0.4, 0.5) is 26.4 Å². The van der Waals surface area contributed by atoms with Crippen LogP contribution in [0.2, 0.25) is 0 Å². The predicted molar refractivity (Wildman–Crippen MR) is 103 cm³/mol. The molecule has 5 rings (SSSR count). The molecule has 0 amide bonds. The number of ether oxygens (including phenoxy) is 2. The van der Waals surface area contributed by atoms with Crippen molar-refractivity contribution in [2.45, 2.75) is 38.0 Å². The van der Waals surface area contributed by atoms with Gasteiger partial charge in [-0.3, -0.25) is 0 Å². The Bertz CT molecular complexity index is 908. The van der Waals surface area contributed by atoms with E-state index in [1.807, 2.05) is 6.07 Å². The van der Waals surface area contributed by atoms with Crippen molar-refractivity contribution in [2.24, 2.45) is 0 Å². The summed E-state index contributed by atoms with van der Waals surface area (Å²) in [6.07, 6.45) is 4.95. The van der Waals surface area contributed by atoms with Crippen LogP contribution in [0.1, 0.15) is 19.3 Å². The van der Waals surface area contributed by atoms with Gasteiger partial charge < -0.3 is 25.0 Å². The van der Waals surface area contributed by atoms with E-state index in [1.54, 1.807) is 0 Å². The van der Waals surface area contributed by atoms with Gasteiger partial charge in [0.2, 0.25) is 5.95 Å². The average Bonchev–Trinajstić information content (AvgIpc) is 3.47. The average molecular weight is 404 g/mol. The van der Waals surface area contributed by atoms with Crippen molar-refractivity contribution >= 4 is 17.6 Å². The molecule has 154 valence electrons.